The van der Waals surface area contributed by atoms with Gasteiger partial charge >= 0.3 is 0 Å². The SMILES string of the molecule is Cc1cc2[nH]c3cc4c(c(C)c3c2c2ccccc12)-c1cccc2c1c-4cc1ncccc12. The second-order valence-corrected chi connectivity index (χ2v) is 9.36. The first-order chi connectivity index (χ1) is 16.2. The molecule has 0 bridgehead atoms. The van der Waals surface area contributed by atoms with Crippen molar-refractivity contribution >= 4 is 54.3 Å². The summed E-state index contributed by atoms with van der Waals surface area (Å²) in [6.07, 6.45) is 1.89. The normalized spacial score (nSPS) is 12.5. The molecule has 7 aromatic rings. The highest BCUT2D eigenvalue weighted by Crippen LogP contribution is 2.53. The minimum Gasteiger partial charge on any atom is -0.354 e. The molecule has 2 nitrogen and oxygen atoms in total. The van der Waals surface area contributed by atoms with E-state index >= 15 is 0 Å². The predicted octanol–water partition coefficient (Wildman–Crippen LogP) is 8.44. The zero-order valence-corrected chi connectivity index (χ0v) is 18.5. The van der Waals surface area contributed by atoms with Gasteiger partial charge in [0.05, 0.1) is 5.52 Å². The molecule has 0 amide bonds. The maximum absolute atomic E-state index is 4.69. The van der Waals surface area contributed by atoms with Gasteiger partial charge in [-0.1, -0.05) is 48.5 Å². The number of aromatic nitrogens is 2. The molecule has 2 heterocycles. The molecule has 0 unspecified atom stereocenters. The lowest BCUT2D eigenvalue weighted by Gasteiger charge is -2.10. The first kappa shape index (κ1) is 17.4. The first-order valence-electron chi connectivity index (χ1n) is 11.5. The number of pyridine rings is 1. The fourth-order valence-corrected chi connectivity index (χ4v) is 6.32. The summed E-state index contributed by atoms with van der Waals surface area (Å²) in [6.45, 7) is 4.50. The standard InChI is InChI=1S/C31H20N2/c1-16-13-26-31(20-8-4-3-7-18(16)20)29-17(2)28-22-10-5-9-21-19-11-6-12-32-25(19)14-24(30(21)22)23(28)15-27(29)33-26/h3-15,33H,1-2H3. The Morgan fingerprint density at radius 2 is 1.36 bits per heavy atom. The number of benzene rings is 5. The number of nitrogens with zero attached hydrogens (tertiary/aromatic N) is 1. The van der Waals surface area contributed by atoms with Gasteiger partial charge in [-0.25, -0.2) is 0 Å². The third kappa shape index (κ3) is 2.02. The van der Waals surface area contributed by atoms with Crippen LogP contribution in [-0.2, 0) is 0 Å². The van der Waals surface area contributed by atoms with Crippen molar-refractivity contribution in [2.24, 2.45) is 0 Å². The maximum atomic E-state index is 4.69. The molecule has 154 valence electrons. The van der Waals surface area contributed by atoms with Crippen molar-refractivity contribution in [3.8, 4) is 22.3 Å². The van der Waals surface area contributed by atoms with E-state index in [1.165, 1.54) is 82.1 Å². The van der Waals surface area contributed by atoms with Gasteiger partial charge in [0.2, 0.25) is 0 Å². The fourth-order valence-electron chi connectivity index (χ4n) is 6.32. The lowest BCUT2D eigenvalue weighted by molar-refractivity contribution is 1.42. The molecule has 5 aromatic carbocycles. The highest BCUT2D eigenvalue weighted by Gasteiger charge is 2.27. The van der Waals surface area contributed by atoms with Crippen molar-refractivity contribution in [2.45, 2.75) is 13.8 Å². The zero-order chi connectivity index (χ0) is 21.8. The summed E-state index contributed by atoms with van der Waals surface area (Å²) in [6, 6.07) is 26.7. The maximum Gasteiger partial charge on any atom is 0.0714 e. The molecule has 33 heavy (non-hydrogen) atoms. The number of hydrogen-bond acceptors (Lipinski definition) is 1. The number of hydrogen-bond donors (Lipinski definition) is 1. The third-order valence-electron chi connectivity index (χ3n) is 7.65. The van der Waals surface area contributed by atoms with E-state index in [0.717, 1.165) is 5.52 Å². The van der Waals surface area contributed by atoms with Crippen LogP contribution in [0.2, 0.25) is 0 Å². The van der Waals surface area contributed by atoms with Gasteiger partial charge in [-0.05, 0) is 93.0 Å². The molecule has 2 heteroatoms. The molecule has 0 saturated carbocycles. The van der Waals surface area contributed by atoms with Gasteiger partial charge in [-0.15, -0.1) is 0 Å². The van der Waals surface area contributed by atoms with E-state index < -0.39 is 0 Å². The Labute approximate surface area is 190 Å². The van der Waals surface area contributed by atoms with Crippen molar-refractivity contribution < 1.29 is 0 Å². The molecular formula is C31H20N2. The van der Waals surface area contributed by atoms with E-state index in [4.69, 9.17) is 4.98 Å². The number of H-pyrrole nitrogens is 1. The van der Waals surface area contributed by atoms with Crippen molar-refractivity contribution in [2.75, 3.05) is 0 Å². The highest BCUT2D eigenvalue weighted by molar-refractivity contribution is 6.28. The van der Waals surface area contributed by atoms with Crippen molar-refractivity contribution in [1.29, 1.82) is 0 Å². The molecular weight excluding hydrogens is 400 g/mol. The van der Waals surface area contributed by atoms with Gasteiger partial charge in [-0.3, -0.25) is 4.98 Å². The molecule has 0 saturated heterocycles. The average molecular weight is 421 g/mol. The predicted molar refractivity (Wildman–Crippen MR) is 140 cm³/mol. The van der Waals surface area contributed by atoms with Crippen LogP contribution in [0.1, 0.15) is 11.1 Å². The van der Waals surface area contributed by atoms with Crippen LogP contribution in [0.15, 0.2) is 79.0 Å². The third-order valence-corrected chi connectivity index (χ3v) is 7.65. The molecule has 0 atom stereocenters. The number of fused-ring (bicyclic) bond motifs is 10. The van der Waals surface area contributed by atoms with E-state index in [1.54, 1.807) is 0 Å². The zero-order valence-electron chi connectivity index (χ0n) is 18.5. The Kier molecular flexibility index (Phi) is 3.05. The van der Waals surface area contributed by atoms with Crippen LogP contribution in [-0.4, -0.2) is 9.97 Å². The van der Waals surface area contributed by atoms with Crippen LogP contribution >= 0.6 is 0 Å². The molecule has 1 N–H and O–H groups in total. The van der Waals surface area contributed by atoms with Gasteiger partial charge in [0.1, 0.15) is 0 Å². The first-order valence-corrected chi connectivity index (χ1v) is 11.5. The van der Waals surface area contributed by atoms with Crippen molar-refractivity contribution in [1.82, 2.24) is 9.97 Å². The molecule has 0 fully saturated rings. The molecule has 1 aliphatic rings. The largest absolute Gasteiger partial charge is 0.354 e. The Morgan fingerprint density at radius 3 is 2.27 bits per heavy atom. The number of aryl methyl sites for hydroxylation is 2. The Hall–Kier alpha value is -4.17. The van der Waals surface area contributed by atoms with Gasteiger partial charge < -0.3 is 4.98 Å². The minimum atomic E-state index is 1.06. The van der Waals surface area contributed by atoms with Gasteiger partial charge in [0.25, 0.3) is 0 Å². The Bertz CT molecular complexity index is 1990. The van der Waals surface area contributed by atoms with Crippen LogP contribution in [0.3, 0.4) is 0 Å². The van der Waals surface area contributed by atoms with Crippen LogP contribution in [0, 0.1) is 13.8 Å². The summed E-state index contributed by atoms with van der Waals surface area (Å²) in [4.78, 5) is 8.45. The summed E-state index contributed by atoms with van der Waals surface area (Å²) in [5, 5.41) is 9.20. The molecule has 1 aliphatic carbocycles. The Balaban J connectivity index is 1.60. The van der Waals surface area contributed by atoms with Gasteiger partial charge in [0.15, 0.2) is 0 Å². The molecule has 0 aliphatic heterocycles. The van der Waals surface area contributed by atoms with E-state index in [9.17, 15) is 0 Å². The lowest BCUT2D eigenvalue weighted by Crippen LogP contribution is -1.85. The topological polar surface area (TPSA) is 28.7 Å². The van der Waals surface area contributed by atoms with Crippen LogP contribution < -0.4 is 0 Å². The summed E-state index contributed by atoms with van der Waals surface area (Å²) in [7, 11) is 0. The van der Waals surface area contributed by atoms with Crippen LogP contribution in [0.25, 0.3) is 76.5 Å². The molecule has 8 rings (SSSR count). The Morgan fingerprint density at radius 1 is 0.606 bits per heavy atom. The van der Waals surface area contributed by atoms with E-state index in [2.05, 4.69) is 85.6 Å². The van der Waals surface area contributed by atoms with Gasteiger partial charge in [0, 0.05) is 33.4 Å². The number of nitrogens with one attached hydrogen (secondary N) is 1. The summed E-state index contributed by atoms with van der Waals surface area (Å²) >= 11 is 0. The molecule has 2 aromatic heterocycles. The smallest absolute Gasteiger partial charge is 0.0714 e. The van der Waals surface area contributed by atoms with Crippen LogP contribution in [0.4, 0.5) is 0 Å². The summed E-state index contributed by atoms with van der Waals surface area (Å²) in [5.41, 5.74) is 11.5. The van der Waals surface area contributed by atoms with Crippen molar-refractivity contribution in [3.05, 3.63) is 90.1 Å². The average Bonchev–Trinajstić information content (AvgIpc) is 3.37. The fraction of sp³-hybridized carbons (Fsp3) is 0.0645. The second-order valence-electron chi connectivity index (χ2n) is 9.36. The number of aromatic amines is 1. The number of rotatable bonds is 0. The minimum absolute atomic E-state index is 1.06. The van der Waals surface area contributed by atoms with Crippen LogP contribution in [0.5, 0.6) is 0 Å². The van der Waals surface area contributed by atoms with Gasteiger partial charge in [-0.2, -0.15) is 0 Å². The second kappa shape index (κ2) is 5.79. The summed E-state index contributed by atoms with van der Waals surface area (Å²) in [5.74, 6) is 0. The van der Waals surface area contributed by atoms with E-state index in [0.29, 0.717) is 0 Å². The highest BCUT2D eigenvalue weighted by atomic mass is 14.7. The monoisotopic (exact) mass is 420 g/mol. The van der Waals surface area contributed by atoms with E-state index in [1.807, 2.05) is 12.3 Å². The quantitative estimate of drug-likeness (QED) is 0.245. The van der Waals surface area contributed by atoms with Crippen molar-refractivity contribution in [3.63, 3.8) is 0 Å². The lowest BCUT2D eigenvalue weighted by atomic mass is 9.92. The molecule has 0 spiro atoms. The molecule has 0 radical (unpaired) electrons. The van der Waals surface area contributed by atoms with E-state index in [-0.39, 0.29) is 0 Å². The summed E-state index contributed by atoms with van der Waals surface area (Å²) < 4.78 is 0.